The second-order valence-corrected chi connectivity index (χ2v) is 7.64. The van der Waals surface area contributed by atoms with Crippen molar-refractivity contribution in [2.24, 2.45) is 10.9 Å². The molecule has 1 unspecified atom stereocenters. The molecule has 32 heavy (non-hydrogen) atoms. The minimum atomic E-state index is -2.95. The van der Waals surface area contributed by atoms with Crippen molar-refractivity contribution in [3.8, 4) is 0 Å². The molecule has 4 rings (SSSR count). The SMILES string of the molecule is C=CCc1cc(C)c(C2=CC/C(=C\C(=NC=C)NC(=O)C3CC3(F)F)n3ncnc32)cn1. The average molecular weight is 436 g/mol. The molecule has 2 aromatic rings. The molecule has 1 N–H and O–H groups in total. The molecular formula is C23H22F2N6O. The van der Waals surface area contributed by atoms with Crippen LogP contribution in [0.25, 0.3) is 11.3 Å². The maximum Gasteiger partial charge on any atom is 0.260 e. The van der Waals surface area contributed by atoms with E-state index >= 15 is 0 Å². The fourth-order valence-corrected chi connectivity index (χ4v) is 3.60. The summed E-state index contributed by atoms with van der Waals surface area (Å²) in [6.07, 6.45) is 10.6. The van der Waals surface area contributed by atoms with Crippen molar-refractivity contribution in [2.45, 2.75) is 32.1 Å². The third kappa shape index (κ3) is 4.18. The Bertz CT molecular complexity index is 1190. The van der Waals surface area contributed by atoms with Gasteiger partial charge in [0, 0.05) is 54.6 Å². The molecule has 3 heterocycles. The Morgan fingerprint density at radius 1 is 1.41 bits per heavy atom. The number of alkyl halides is 2. The summed E-state index contributed by atoms with van der Waals surface area (Å²) < 4.78 is 28.1. The highest BCUT2D eigenvalue weighted by atomic mass is 19.3. The summed E-state index contributed by atoms with van der Waals surface area (Å²) in [4.78, 5) is 25.0. The first kappa shape index (κ1) is 21.5. The van der Waals surface area contributed by atoms with E-state index in [9.17, 15) is 13.6 Å². The summed E-state index contributed by atoms with van der Waals surface area (Å²) in [6.45, 7) is 9.28. The molecule has 0 saturated heterocycles. The summed E-state index contributed by atoms with van der Waals surface area (Å²) in [5, 5.41) is 6.76. The van der Waals surface area contributed by atoms with Crippen molar-refractivity contribution in [3.05, 3.63) is 78.8 Å². The molecule has 1 aliphatic carbocycles. The number of aromatic nitrogens is 4. The van der Waals surface area contributed by atoms with E-state index in [-0.39, 0.29) is 5.84 Å². The Balaban J connectivity index is 1.62. The maximum atomic E-state index is 13.2. The fraction of sp³-hybridized carbons (Fsp3) is 0.261. The highest BCUT2D eigenvalue weighted by molar-refractivity contribution is 6.08. The molecule has 164 valence electrons. The molecule has 1 fully saturated rings. The van der Waals surface area contributed by atoms with Gasteiger partial charge in [-0.1, -0.05) is 18.7 Å². The van der Waals surface area contributed by atoms with Gasteiger partial charge in [-0.3, -0.25) is 9.78 Å². The predicted molar refractivity (Wildman–Crippen MR) is 118 cm³/mol. The number of amidine groups is 1. The molecule has 0 spiro atoms. The number of aliphatic imine (C=N–C) groups is 1. The Hall–Kier alpha value is -3.75. The van der Waals surface area contributed by atoms with Crippen molar-refractivity contribution < 1.29 is 13.6 Å². The quantitative estimate of drug-likeness (QED) is 0.425. The van der Waals surface area contributed by atoms with Crippen molar-refractivity contribution in [2.75, 3.05) is 0 Å². The van der Waals surface area contributed by atoms with E-state index in [1.165, 1.54) is 12.5 Å². The molecule has 0 aromatic carbocycles. The number of hydrogen-bond donors (Lipinski definition) is 1. The number of fused-ring (bicyclic) bond motifs is 1. The van der Waals surface area contributed by atoms with Gasteiger partial charge in [0.2, 0.25) is 5.91 Å². The first-order valence-electron chi connectivity index (χ1n) is 10.1. The lowest BCUT2D eigenvalue weighted by Gasteiger charge is -2.19. The lowest BCUT2D eigenvalue weighted by Crippen LogP contribution is -2.32. The van der Waals surface area contributed by atoms with E-state index in [4.69, 9.17) is 0 Å². The molecule has 0 bridgehead atoms. The number of pyridine rings is 1. The van der Waals surface area contributed by atoms with Gasteiger partial charge in [-0.2, -0.15) is 5.10 Å². The van der Waals surface area contributed by atoms with Crippen LogP contribution in [0, 0.1) is 12.8 Å². The molecule has 0 radical (unpaired) electrons. The van der Waals surface area contributed by atoms with Gasteiger partial charge in [-0.15, -0.1) is 6.58 Å². The number of amides is 1. The summed E-state index contributed by atoms with van der Waals surface area (Å²) in [5.74, 6) is -4.31. The average Bonchev–Trinajstić information content (AvgIpc) is 3.14. The van der Waals surface area contributed by atoms with Crippen molar-refractivity contribution in [3.63, 3.8) is 0 Å². The smallest absolute Gasteiger partial charge is 0.260 e. The van der Waals surface area contributed by atoms with Crippen molar-refractivity contribution in [1.82, 2.24) is 25.1 Å². The van der Waals surface area contributed by atoms with Crippen molar-refractivity contribution in [1.29, 1.82) is 0 Å². The number of aryl methyl sites for hydroxylation is 1. The lowest BCUT2D eigenvalue weighted by atomic mass is 9.97. The Kier molecular flexibility index (Phi) is 5.65. The van der Waals surface area contributed by atoms with Crippen LogP contribution in [-0.2, 0) is 11.2 Å². The summed E-state index contributed by atoms with van der Waals surface area (Å²) >= 11 is 0. The topological polar surface area (TPSA) is 85.1 Å². The van der Waals surface area contributed by atoms with Crippen LogP contribution in [0.3, 0.4) is 0 Å². The Morgan fingerprint density at radius 3 is 2.84 bits per heavy atom. The second-order valence-electron chi connectivity index (χ2n) is 7.64. The van der Waals surface area contributed by atoms with E-state index in [1.807, 2.05) is 25.3 Å². The maximum absolute atomic E-state index is 13.2. The third-order valence-electron chi connectivity index (χ3n) is 5.31. The Labute approximate surface area is 184 Å². The van der Waals surface area contributed by atoms with Crippen LogP contribution in [0.2, 0.25) is 0 Å². The normalized spacial score (nSPS) is 20.3. The minimum absolute atomic E-state index is 0.118. The minimum Gasteiger partial charge on any atom is -0.310 e. The number of rotatable bonds is 6. The van der Waals surface area contributed by atoms with Crippen LogP contribution in [0.4, 0.5) is 8.78 Å². The summed E-state index contributed by atoms with van der Waals surface area (Å²) in [5.41, 5.74) is 4.49. The van der Waals surface area contributed by atoms with Crippen LogP contribution in [0.1, 0.15) is 35.5 Å². The second kappa shape index (κ2) is 8.41. The van der Waals surface area contributed by atoms with Gasteiger partial charge in [0.05, 0.1) is 5.70 Å². The number of nitrogens with one attached hydrogen (secondary N) is 1. The third-order valence-corrected chi connectivity index (χ3v) is 5.31. The molecule has 1 aliphatic heterocycles. The van der Waals surface area contributed by atoms with Gasteiger partial charge in [-0.25, -0.2) is 23.4 Å². The Morgan fingerprint density at radius 2 is 2.19 bits per heavy atom. The van der Waals surface area contributed by atoms with E-state index in [0.717, 1.165) is 22.4 Å². The van der Waals surface area contributed by atoms with Gasteiger partial charge in [0.15, 0.2) is 5.82 Å². The standard InChI is InChI=1S/C23H22F2N6O/c1-4-6-15-9-14(3)18(12-27-15)17-8-7-16(31-21(17)28-13-29-31)10-20(26-5-2)30-22(32)19-11-23(19,24)25/h4-5,8-10,12-13,19H,1-2,6-7,11H2,3H3,(H,26,30,32)/b16-10+. The van der Waals surface area contributed by atoms with Crippen LogP contribution in [0.15, 0.2) is 61.2 Å². The first-order valence-corrected chi connectivity index (χ1v) is 10.1. The fourth-order valence-electron chi connectivity index (χ4n) is 3.60. The van der Waals surface area contributed by atoms with Gasteiger partial charge in [-0.05, 0) is 18.6 Å². The molecule has 2 aromatic heterocycles. The van der Waals surface area contributed by atoms with Gasteiger partial charge in [0.25, 0.3) is 5.92 Å². The van der Waals surface area contributed by atoms with E-state index in [2.05, 4.69) is 38.5 Å². The molecule has 2 aliphatic rings. The zero-order valence-corrected chi connectivity index (χ0v) is 17.6. The van der Waals surface area contributed by atoms with Gasteiger partial charge >= 0.3 is 0 Å². The number of nitrogens with zero attached hydrogens (tertiary/aromatic N) is 5. The first-order chi connectivity index (χ1) is 15.3. The van der Waals surface area contributed by atoms with Crippen LogP contribution >= 0.6 is 0 Å². The largest absolute Gasteiger partial charge is 0.310 e. The highest BCUT2D eigenvalue weighted by Crippen LogP contribution is 2.48. The van der Waals surface area contributed by atoms with Crippen LogP contribution in [0.5, 0.6) is 0 Å². The highest BCUT2D eigenvalue weighted by Gasteiger charge is 2.61. The van der Waals surface area contributed by atoms with Gasteiger partial charge < -0.3 is 5.32 Å². The molecule has 1 saturated carbocycles. The van der Waals surface area contributed by atoms with Crippen LogP contribution < -0.4 is 5.32 Å². The predicted octanol–water partition coefficient (Wildman–Crippen LogP) is 3.70. The summed E-state index contributed by atoms with van der Waals surface area (Å²) in [6, 6.07) is 2.02. The van der Waals surface area contributed by atoms with E-state index in [0.29, 0.717) is 24.4 Å². The molecule has 1 atom stereocenters. The molecule has 1 amide bonds. The zero-order chi connectivity index (χ0) is 22.9. The number of carbonyl (C=O) groups excluding carboxylic acids is 1. The summed E-state index contributed by atoms with van der Waals surface area (Å²) in [7, 11) is 0. The number of hydrogen-bond acceptors (Lipinski definition) is 5. The van der Waals surface area contributed by atoms with E-state index < -0.39 is 24.2 Å². The van der Waals surface area contributed by atoms with Gasteiger partial charge in [0.1, 0.15) is 18.1 Å². The van der Waals surface area contributed by atoms with Crippen LogP contribution in [-0.4, -0.2) is 37.4 Å². The number of halogens is 2. The molecule has 7 nitrogen and oxygen atoms in total. The van der Waals surface area contributed by atoms with E-state index in [1.54, 1.807) is 16.8 Å². The number of carbonyl (C=O) groups is 1. The van der Waals surface area contributed by atoms with Crippen molar-refractivity contribution >= 4 is 23.0 Å². The lowest BCUT2D eigenvalue weighted by molar-refractivity contribution is -0.122. The monoisotopic (exact) mass is 436 g/mol. The molecular weight excluding hydrogens is 414 g/mol. The zero-order valence-electron chi connectivity index (χ0n) is 17.6. The number of allylic oxidation sites excluding steroid dienone is 3. The molecule has 9 heteroatoms.